The van der Waals surface area contributed by atoms with E-state index in [9.17, 15) is 4.79 Å². The number of rotatable bonds is 5. The first-order valence-corrected chi connectivity index (χ1v) is 8.42. The standard InChI is InChI=1S/C18H25N7O/c1-5-21-18(26)22-15-11-16(23-25(13(3)19)17(15)20)24(4)12(2)14-9-7-6-8-10-14/h6-12,19-20H,5H2,1-4H3,(H2,21,22,26)/t12-/m0/s1. The summed E-state index contributed by atoms with van der Waals surface area (Å²) < 4.78 is 1.20. The van der Waals surface area contributed by atoms with Gasteiger partial charge in [-0.25, -0.2) is 4.79 Å². The molecule has 4 N–H and O–H groups in total. The van der Waals surface area contributed by atoms with Crippen LogP contribution in [0.1, 0.15) is 32.4 Å². The number of nitrogens with zero attached hydrogens (tertiary/aromatic N) is 3. The Labute approximate surface area is 152 Å². The first-order valence-electron chi connectivity index (χ1n) is 8.42. The van der Waals surface area contributed by atoms with Crippen molar-refractivity contribution in [1.29, 1.82) is 10.8 Å². The van der Waals surface area contributed by atoms with Gasteiger partial charge in [0.25, 0.3) is 0 Å². The van der Waals surface area contributed by atoms with Gasteiger partial charge in [0.1, 0.15) is 5.84 Å². The minimum absolute atomic E-state index is 0.0251. The van der Waals surface area contributed by atoms with Crippen LogP contribution in [-0.2, 0) is 0 Å². The number of benzene rings is 1. The molecule has 2 amide bonds. The molecule has 0 unspecified atom stereocenters. The third kappa shape index (κ3) is 4.27. The molecule has 0 fully saturated rings. The van der Waals surface area contributed by atoms with Crippen LogP contribution in [0.4, 0.5) is 16.3 Å². The lowest BCUT2D eigenvalue weighted by Gasteiger charge is -2.27. The Morgan fingerprint density at radius 1 is 1.35 bits per heavy atom. The summed E-state index contributed by atoms with van der Waals surface area (Å²) >= 11 is 0. The normalized spacial score (nSPS) is 11.5. The minimum atomic E-state index is -0.397. The Balaban J connectivity index is 2.44. The fourth-order valence-electron chi connectivity index (χ4n) is 2.48. The maximum atomic E-state index is 11.9. The molecule has 0 aliphatic carbocycles. The van der Waals surface area contributed by atoms with Gasteiger partial charge in [-0.3, -0.25) is 10.8 Å². The highest BCUT2D eigenvalue weighted by molar-refractivity contribution is 5.90. The van der Waals surface area contributed by atoms with E-state index in [1.807, 2.05) is 56.1 Å². The number of urea groups is 1. The molecule has 138 valence electrons. The summed E-state index contributed by atoms with van der Waals surface area (Å²) in [5, 5.41) is 25.8. The fraction of sp³-hybridized carbons (Fsp3) is 0.333. The Morgan fingerprint density at radius 3 is 2.58 bits per heavy atom. The van der Waals surface area contributed by atoms with E-state index >= 15 is 0 Å². The lowest BCUT2D eigenvalue weighted by Crippen LogP contribution is -2.36. The molecule has 1 atom stereocenters. The summed E-state index contributed by atoms with van der Waals surface area (Å²) in [5.74, 6) is 0.646. The zero-order valence-corrected chi connectivity index (χ0v) is 15.5. The minimum Gasteiger partial charge on any atom is -0.351 e. The van der Waals surface area contributed by atoms with Crippen LogP contribution in [-0.4, -0.2) is 35.2 Å². The molecule has 0 saturated carbocycles. The van der Waals surface area contributed by atoms with Gasteiger partial charge in [0.05, 0.1) is 11.7 Å². The smallest absolute Gasteiger partial charge is 0.319 e. The summed E-state index contributed by atoms with van der Waals surface area (Å²) in [6, 6.07) is 11.3. The van der Waals surface area contributed by atoms with Gasteiger partial charge in [-0.05, 0) is 26.3 Å². The van der Waals surface area contributed by atoms with Crippen molar-refractivity contribution in [3.63, 3.8) is 0 Å². The van der Waals surface area contributed by atoms with E-state index in [1.54, 1.807) is 13.0 Å². The summed E-state index contributed by atoms with van der Waals surface area (Å²) in [6.45, 7) is 5.89. The topological polar surface area (TPSA) is 110 Å². The largest absolute Gasteiger partial charge is 0.351 e. The van der Waals surface area contributed by atoms with Crippen LogP contribution in [0, 0.1) is 10.8 Å². The van der Waals surface area contributed by atoms with Gasteiger partial charge in [-0.2, -0.15) is 4.68 Å². The molecule has 1 aromatic heterocycles. The van der Waals surface area contributed by atoms with Crippen LogP contribution in [0.25, 0.3) is 0 Å². The first-order chi connectivity index (χ1) is 12.3. The average molecular weight is 355 g/mol. The number of aromatic nitrogens is 2. The summed E-state index contributed by atoms with van der Waals surface area (Å²) in [7, 11) is 1.89. The Hall–Kier alpha value is -3.16. The van der Waals surface area contributed by atoms with E-state index in [0.717, 1.165) is 5.56 Å². The van der Waals surface area contributed by atoms with Gasteiger partial charge in [0.15, 0.2) is 11.3 Å². The first kappa shape index (κ1) is 19.2. The van der Waals surface area contributed by atoms with Crippen LogP contribution in [0.3, 0.4) is 0 Å². The molecule has 0 spiro atoms. The second-order valence-electron chi connectivity index (χ2n) is 5.94. The van der Waals surface area contributed by atoms with Crippen molar-refractivity contribution in [3.05, 3.63) is 47.4 Å². The van der Waals surface area contributed by atoms with Crippen LogP contribution in [0.15, 0.2) is 36.4 Å². The van der Waals surface area contributed by atoms with Crippen molar-refractivity contribution >= 4 is 23.4 Å². The van der Waals surface area contributed by atoms with Crippen molar-refractivity contribution in [2.75, 3.05) is 23.8 Å². The van der Waals surface area contributed by atoms with Crippen molar-refractivity contribution in [1.82, 2.24) is 15.1 Å². The number of amides is 2. The molecule has 0 saturated heterocycles. The molecule has 2 aromatic rings. The molecule has 8 nitrogen and oxygen atoms in total. The Morgan fingerprint density at radius 2 is 2.00 bits per heavy atom. The molecular formula is C18H25N7O. The Bertz CT molecular complexity index is 844. The van der Waals surface area contributed by atoms with Crippen LogP contribution in [0.5, 0.6) is 0 Å². The van der Waals surface area contributed by atoms with Gasteiger partial charge in [0.2, 0.25) is 0 Å². The van der Waals surface area contributed by atoms with Gasteiger partial charge in [0, 0.05) is 19.7 Å². The number of hydrogen-bond donors (Lipinski definition) is 4. The number of anilines is 2. The highest BCUT2D eigenvalue weighted by Gasteiger charge is 2.17. The number of hydrogen-bond acceptors (Lipinski definition) is 5. The zero-order chi connectivity index (χ0) is 19.3. The van der Waals surface area contributed by atoms with Crippen molar-refractivity contribution in [2.24, 2.45) is 0 Å². The molecule has 1 aromatic carbocycles. The van der Waals surface area contributed by atoms with E-state index in [-0.39, 0.29) is 17.4 Å². The predicted octanol–water partition coefficient (Wildman–Crippen LogP) is 2.55. The molecule has 1 heterocycles. The number of carbonyl (C=O) groups is 1. The summed E-state index contributed by atoms with van der Waals surface area (Å²) in [5.41, 5.74) is 1.36. The molecule has 26 heavy (non-hydrogen) atoms. The molecule has 0 radical (unpaired) electrons. The van der Waals surface area contributed by atoms with Crippen molar-refractivity contribution in [3.8, 4) is 0 Å². The third-order valence-electron chi connectivity index (χ3n) is 4.07. The summed E-state index contributed by atoms with van der Waals surface area (Å²) in [6.07, 6.45) is 0. The number of carbonyl (C=O) groups excluding carboxylic acids is 1. The average Bonchev–Trinajstić information content (AvgIpc) is 2.62. The predicted molar refractivity (Wildman–Crippen MR) is 103 cm³/mol. The van der Waals surface area contributed by atoms with Gasteiger partial charge < -0.3 is 15.5 Å². The Kier molecular flexibility index (Phi) is 6.11. The van der Waals surface area contributed by atoms with E-state index in [0.29, 0.717) is 18.1 Å². The molecule has 0 aliphatic heterocycles. The molecule has 0 aliphatic rings. The van der Waals surface area contributed by atoms with Gasteiger partial charge in [-0.15, -0.1) is 5.10 Å². The highest BCUT2D eigenvalue weighted by Crippen LogP contribution is 2.24. The molecule has 8 heteroatoms. The second kappa shape index (κ2) is 8.28. The van der Waals surface area contributed by atoms with Gasteiger partial charge >= 0.3 is 6.03 Å². The van der Waals surface area contributed by atoms with E-state index in [2.05, 4.69) is 15.7 Å². The lowest BCUT2D eigenvalue weighted by molar-refractivity contribution is 0.252. The zero-order valence-electron chi connectivity index (χ0n) is 15.5. The van der Waals surface area contributed by atoms with Gasteiger partial charge in [-0.1, -0.05) is 30.3 Å². The quantitative estimate of drug-likeness (QED) is 0.489. The maximum Gasteiger partial charge on any atom is 0.319 e. The molecular weight excluding hydrogens is 330 g/mol. The second-order valence-corrected chi connectivity index (χ2v) is 5.94. The van der Waals surface area contributed by atoms with E-state index in [1.165, 1.54) is 4.68 Å². The van der Waals surface area contributed by atoms with E-state index < -0.39 is 6.03 Å². The maximum absolute atomic E-state index is 11.9. The monoisotopic (exact) mass is 355 g/mol. The lowest BCUT2D eigenvalue weighted by atomic mass is 10.1. The van der Waals surface area contributed by atoms with E-state index in [4.69, 9.17) is 10.8 Å². The van der Waals surface area contributed by atoms with Crippen LogP contribution < -0.4 is 21.0 Å². The van der Waals surface area contributed by atoms with Crippen LogP contribution >= 0.6 is 0 Å². The summed E-state index contributed by atoms with van der Waals surface area (Å²) in [4.78, 5) is 13.8. The fourth-order valence-corrected chi connectivity index (χ4v) is 2.48. The molecule has 2 rings (SSSR count). The number of nitrogens with one attached hydrogen (secondary N) is 4. The molecule has 0 bridgehead atoms. The van der Waals surface area contributed by atoms with Crippen LogP contribution in [0.2, 0.25) is 0 Å². The SMILES string of the molecule is CCNC(=O)Nc1cc(N(C)[C@@H](C)c2ccccc2)nn(C(C)=N)c1=N. The third-order valence-corrected chi connectivity index (χ3v) is 4.07. The van der Waals surface area contributed by atoms with Crippen molar-refractivity contribution < 1.29 is 4.79 Å². The van der Waals surface area contributed by atoms with Crippen molar-refractivity contribution in [2.45, 2.75) is 26.8 Å². The highest BCUT2D eigenvalue weighted by atomic mass is 16.2.